The van der Waals surface area contributed by atoms with E-state index in [-0.39, 0.29) is 5.48 Å². The number of nitrogens with two attached hydrogens (primary N) is 2. The lowest BCUT2D eigenvalue weighted by atomic mass is 9.97. The molecule has 2 saturated carbocycles. The van der Waals surface area contributed by atoms with E-state index in [9.17, 15) is 19.9 Å². The molecule has 0 radical (unpaired) electrons. The van der Waals surface area contributed by atoms with Gasteiger partial charge in [0.25, 0.3) is 0 Å². The van der Waals surface area contributed by atoms with E-state index in [4.69, 9.17) is 26.2 Å². The SMILES string of the molecule is NC1CCCCC1.NC1CCCCC1.O.O=[P+](O)O[13C@H]1O[C@H](CO)[C@@H](O)[C@H](O)[C@H]1O. The van der Waals surface area contributed by atoms with Crippen LogP contribution >= 0.6 is 8.25 Å². The Morgan fingerprint density at radius 2 is 1.27 bits per heavy atom. The molecule has 0 spiro atoms. The summed E-state index contributed by atoms with van der Waals surface area (Å²) < 4.78 is 19.4. The quantitative estimate of drug-likeness (QED) is 0.205. The Hall–Kier alpha value is -0.300. The van der Waals surface area contributed by atoms with Crippen LogP contribution in [0.15, 0.2) is 0 Å². The molecule has 11 N–H and O–H groups in total. The molecule has 3 rings (SSSR count). The van der Waals surface area contributed by atoms with Gasteiger partial charge < -0.3 is 42.1 Å². The molecule has 2 aliphatic carbocycles. The summed E-state index contributed by atoms with van der Waals surface area (Å²) in [7, 11) is -3.02. The van der Waals surface area contributed by atoms with E-state index in [1.807, 2.05) is 0 Å². The molecule has 3 fully saturated rings. The monoisotopic (exact) mass is 460 g/mol. The fraction of sp³-hybridized carbons (Fsp3) is 1.00. The summed E-state index contributed by atoms with van der Waals surface area (Å²) in [5.41, 5.74) is 11.3. The molecule has 0 amide bonds. The van der Waals surface area contributed by atoms with Crippen LogP contribution in [-0.2, 0) is 13.8 Å². The maximum Gasteiger partial charge on any atom is 0.697 e. The molecule has 6 atom stereocenters. The van der Waals surface area contributed by atoms with Gasteiger partial charge in [-0.1, -0.05) is 43.0 Å². The van der Waals surface area contributed by atoms with Crippen molar-refractivity contribution in [1.82, 2.24) is 0 Å². The van der Waals surface area contributed by atoms with Gasteiger partial charge in [0, 0.05) is 16.6 Å². The Balaban J connectivity index is 0.000000467. The van der Waals surface area contributed by atoms with Gasteiger partial charge >= 0.3 is 8.25 Å². The zero-order valence-corrected chi connectivity index (χ0v) is 18.3. The molecule has 11 nitrogen and oxygen atoms in total. The van der Waals surface area contributed by atoms with Gasteiger partial charge in [-0.05, 0) is 25.7 Å². The van der Waals surface area contributed by atoms with Crippen LogP contribution in [0.5, 0.6) is 0 Å². The minimum Gasteiger partial charge on any atom is -0.412 e. The lowest BCUT2D eigenvalue weighted by molar-refractivity contribution is -0.277. The molecule has 0 aromatic carbocycles. The zero-order valence-electron chi connectivity index (χ0n) is 17.4. The molecule has 1 saturated heterocycles. The van der Waals surface area contributed by atoms with Gasteiger partial charge in [0.15, 0.2) is 0 Å². The van der Waals surface area contributed by atoms with E-state index in [0.29, 0.717) is 12.1 Å². The zero-order chi connectivity index (χ0) is 21.8. The average molecular weight is 460 g/mol. The van der Waals surface area contributed by atoms with Crippen molar-refractivity contribution >= 4 is 8.25 Å². The molecular formula is C18H40N2O9P+. The summed E-state index contributed by atoms with van der Waals surface area (Å²) in [4.78, 5) is 8.42. The Bertz CT molecular complexity index is 433. The summed E-state index contributed by atoms with van der Waals surface area (Å²) >= 11 is 0. The first kappa shape index (κ1) is 29.7. The van der Waals surface area contributed by atoms with Crippen LogP contribution in [0.2, 0.25) is 0 Å². The van der Waals surface area contributed by atoms with Crippen LogP contribution in [0.4, 0.5) is 0 Å². The molecule has 1 heterocycles. The van der Waals surface area contributed by atoms with E-state index >= 15 is 0 Å². The summed E-state index contributed by atoms with van der Waals surface area (Å²) in [6.07, 6.45) is 5.83. The van der Waals surface area contributed by atoms with Gasteiger partial charge in [-0.15, -0.1) is 4.89 Å². The first-order chi connectivity index (χ1) is 13.8. The predicted octanol–water partition coefficient (Wildman–Crippen LogP) is -0.816. The molecule has 0 bridgehead atoms. The average Bonchev–Trinajstić information content (AvgIpc) is 2.70. The number of hydrogen-bond acceptors (Lipinski definition) is 9. The number of ether oxygens (including phenoxy) is 1. The molecular weight excluding hydrogens is 420 g/mol. The largest absolute Gasteiger partial charge is 0.697 e. The highest BCUT2D eigenvalue weighted by molar-refractivity contribution is 7.32. The lowest BCUT2D eigenvalue weighted by Crippen LogP contribution is -2.58. The second kappa shape index (κ2) is 16.3. The second-order valence-electron chi connectivity index (χ2n) is 7.84. The molecule has 12 heteroatoms. The van der Waals surface area contributed by atoms with E-state index < -0.39 is 45.6 Å². The third-order valence-electron chi connectivity index (χ3n) is 5.34. The van der Waals surface area contributed by atoms with Gasteiger partial charge in [-0.3, -0.25) is 0 Å². The van der Waals surface area contributed by atoms with Gasteiger partial charge in [0.1, 0.15) is 24.4 Å². The smallest absolute Gasteiger partial charge is 0.412 e. The topological polar surface area (TPSA) is 220 Å². The minimum atomic E-state index is -3.02. The summed E-state index contributed by atoms with van der Waals surface area (Å²) in [6.45, 7) is -0.618. The molecule has 30 heavy (non-hydrogen) atoms. The van der Waals surface area contributed by atoms with Crippen molar-refractivity contribution in [1.29, 1.82) is 0 Å². The number of aliphatic hydroxyl groups is 4. The predicted molar refractivity (Wildman–Crippen MR) is 110 cm³/mol. The first-order valence-corrected chi connectivity index (χ1v) is 11.5. The van der Waals surface area contributed by atoms with E-state index in [2.05, 4.69) is 4.52 Å². The van der Waals surface area contributed by atoms with Crippen molar-refractivity contribution in [3.8, 4) is 0 Å². The Morgan fingerprint density at radius 3 is 1.57 bits per heavy atom. The summed E-state index contributed by atoms with van der Waals surface area (Å²) in [5, 5.41) is 36.6. The van der Waals surface area contributed by atoms with Crippen molar-refractivity contribution in [2.24, 2.45) is 11.5 Å². The highest BCUT2D eigenvalue weighted by Crippen LogP contribution is 2.28. The van der Waals surface area contributed by atoms with Gasteiger partial charge in [0.2, 0.25) is 6.29 Å². The van der Waals surface area contributed by atoms with Crippen molar-refractivity contribution in [3.05, 3.63) is 0 Å². The Morgan fingerprint density at radius 1 is 0.833 bits per heavy atom. The molecule has 0 aromatic heterocycles. The van der Waals surface area contributed by atoms with Crippen LogP contribution in [-0.4, -0.2) is 80.2 Å². The van der Waals surface area contributed by atoms with Crippen molar-refractivity contribution in [2.75, 3.05) is 6.61 Å². The molecule has 1 unspecified atom stereocenters. The summed E-state index contributed by atoms with van der Waals surface area (Å²) in [6, 6.07) is 1.07. The van der Waals surface area contributed by atoms with Gasteiger partial charge in [0.05, 0.1) is 6.61 Å². The third kappa shape index (κ3) is 11.4. The van der Waals surface area contributed by atoms with E-state index in [1.54, 1.807) is 0 Å². The van der Waals surface area contributed by atoms with Crippen molar-refractivity contribution < 1.29 is 44.6 Å². The Labute approximate surface area is 178 Å². The summed E-state index contributed by atoms with van der Waals surface area (Å²) in [5.74, 6) is 0. The maximum atomic E-state index is 10.3. The van der Waals surface area contributed by atoms with Gasteiger partial charge in [-0.2, -0.15) is 0 Å². The number of hydrogen-bond donors (Lipinski definition) is 7. The number of aliphatic hydroxyl groups excluding tert-OH is 4. The van der Waals surface area contributed by atoms with E-state index in [1.165, 1.54) is 64.2 Å². The fourth-order valence-electron chi connectivity index (χ4n) is 3.51. The normalized spacial score (nSPS) is 33.2. The highest BCUT2D eigenvalue weighted by Gasteiger charge is 2.47. The lowest BCUT2D eigenvalue weighted by Gasteiger charge is -2.36. The highest BCUT2D eigenvalue weighted by atomic mass is 31.1. The van der Waals surface area contributed by atoms with Crippen LogP contribution < -0.4 is 11.5 Å². The molecule has 3 aliphatic rings. The second-order valence-corrected chi connectivity index (χ2v) is 8.52. The first-order valence-electron chi connectivity index (χ1n) is 10.4. The van der Waals surface area contributed by atoms with Crippen molar-refractivity contribution in [2.45, 2.75) is 107 Å². The standard InChI is InChI=1S/2C6H13N.C6H11O8P.H2O/c2*7-6-4-2-1-3-5-6;7-1-2-3(8)4(9)5(10)6(13-2)14-15(11)12;/h2*6H,1-5,7H2;2-10H,1H2;1H2/p+1/t;;2-,3-,4+,5-,6-;/m..1./s1/i;;6+1;. The molecule has 0 aromatic rings. The van der Waals surface area contributed by atoms with Gasteiger partial charge in [-0.25, -0.2) is 0 Å². The fourth-order valence-corrected chi connectivity index (χ4v) is 3.86. The van der Waals surface area contributed by atoms with Crippen LogP contribution in [0.1, 0.15) is 64.2 Å². The maximum absolute atomic E-state index is 10.3. The molecule has 1 aliphatic heterocycles. The van der Waals surface area contributed by atoms with Crippen LogP contribution in [0, 0.1) is 0 Å². The van der Waals surface area contributed by atoms with E-state index in [0.717, 1.165) is 0 Å². The van der Waals surface area contributed by atoms with Crippen LogP contribution in [0.25, 0.3) is 0 Å². The van der Waals surface area contributed by atoms with Crippen LogP contribution in [0.3, 0.4) is 0 Å². The number of rotatable bonds is 3. The Kier molecular flexibility index (Phi) is 16.2. The third-order valence-corrected chi connectivity index (χ3v) is 5.73. The molecule has 180 valence electrons. The minimum absolute atomic E-state index is 0. The van der Waals surface area contributed by atoms with Crippen molar-refractivity contribution in [3.63, 3.8) is 0 Å².